The second-order valence-electron chi connectivity index (χ2n) is 4.63. The van der Waals surface area contributed by atoms with Gasteiger partial charge in [0.05, 0.1) is 6.54 Å². The number of nitrogens with zero attached hydrogens (tertiary/aromatic N) is 1. The molecule has 0 bridgehead atoms. The lowest BCUT2D eigenvalue weighted by Gasteiger charge is -2.24. The number of unbranched alkanes of at least 4 members (excludes halogenated alkanes) is 1. The Morgan fingerprint density at radius 3 is 3.05 bits per heavy atom. The van der Waals surface area contributed by atoms with Gasteiger partial charge in [-0.05, 0) is 30.5 Å². The van der Waals surface area contributed by atoms with Crippen molar-refractivity contribution in [3.05, 3.63) is 34.9 Å². The number of benzene rings is 1. The van der Waals surface area contributed by atoms with Crippen LogP contribution in [0.3, 0.4) is 0 Å². The molecule has 0 aromatic heterocycles. The van der Waals surface area contributed by atoms with Gasteiger partial charge in [-0.25, -0.2) is 0 Å². The van der Waals surface area contributed by atoms with Crippen LogP contribution in [0.1, 0.15) is 24.6 Å². The van der Waals surface area contributed by atoms with E-state index in [1.807, 2.05) is 29.2 Å². The van der Waals surface area contributed by atoms with Crippen molar-refractivity contribution in [2.45, 2.75) is 19.0 Å². The predicted molar refractivity (Wildman–Crippen MR) is 75.0 cm³/mol. The Morgan fingerprint density at radius 1 is 1.47 bits per heavy atom. The Labute approximate surface area is 118 Å². The molecule has 0 spiro atoms. The summed E-state index contributed by atoms with van der Waals surface area (Å²) < 4.78 is 5.02. The third-order valence-electron chi connectivity index (χ3n) is 3.24. The molecule has 4 nitrogen and oxygen atoms in total. The second-order valence-corrected chi connectivity index (χ2v) is 5.06. The average molecular weight is 283 g/mol. The first-order chi connectivity index (χ1) is 9.22. The summed E-state index contributed by atoms with van der Waals surface area (Å²) in [5, 5.41) is 3.92. The minimum atomic E-state index is -0.0613. The topological polar surface area (TPSA) is 41.6 Å². The number of hydrogen-bond acceptors (Lipinski definition) is 3. The highest BCUT2D eigenvalue weighted by molar-refractivity contribution is 6.30. The predicted octanol–water partition coefficient (Wildman–Crippen LogP) is 2.20. The molecule has 1 aliphatic heterocycles. The van der Waals surface area contributed by atoms with Crippen LogP contribution in [-0.4, -0.2) is 37.6 Å². The smallest absolute Gasteiger partial charge is 0.238 e. The van der Waals surface area contributed by atoms with Crippen LogP contribution in [0, 0.1) is 0 Å². The number of carbonyl (C=O) groups is 1. The molecule has 1 fully saturated rings. The zero-order valence-corrected chi connectivity index (χ0v) is 11.8. The van der Waals surface area contributed by atoms with Crippen LogP contribution in [0.2, 0.25) is 5.02 Å². The van der Waals surface area contributed by atoms with E-state index in [-0.39, 0.29) is 12.1 Å². The SMILES string of the molecule is COCCCCN1C(=O)CNC1c1cccc(Cl)c1. The Bertz CT molecular complexity index is 439. The van der Waals surface area contributed by atoms with Crippen LogP contribution < -0.4 is 5.32 Å². The van der Waals surface area contributed by atoms with Crippen LogP contribution in [0.5, 0.6) is 0 Å². The van der Waals surface area contributed by atoms with E-state index in [0.717, 1.165) is 31.6 Å². The summed E-state index contributed by atoms with van der Waals surface area (Å²) in [7, 11) is 1.69. The van der Waals surface area contributed by atoms with E-state index in [0.29, 0.717) is 11.6 Å². The first kappa shape index (κ1) is 14.3. The molecular formula is C14H19ClN2O2. The minimum Gasteiger partial charge on any atom is -0.385 e. The van der Waals surface area contributed by atoms with Gasteiger partial charge >= 0.3 is 0 Å². The van der Waals surface area contributed by atoms with Gasteiger partial charge in [0.1, 0.15) is 6.17 Å². The molecule has 19 heavy (non-hydrogen) atoms. The zero-order chi connectivity index (χ0) is 13.7. The molecule has 1 aliphatic rings. The molecule has 1 unspecified atom stereocenters. The van der Waals surface area contributed by atoms with E-state index in [4.69, 9.17) is 16.3 Å². The lowest BCUT2D eigenvalue weighted by molar-refractivity contribution is -0.128. The highest BCUT2D eigenvalue weighted by Gasteiger charge is 2.30. The van der Waals surface area contributed by atoms with Gasteiger partial charge in [0.2, 0.25) is 5.91 Å². The zero-order valence-electron chi connectivity index (χ0n) is 11.1. The molecule has 1 atom stereocenters. The van der Waals surface area contributed by atoms with Gasteiger partial charge in [-0.1, -0.05) is 23.7 Å². The molecule has 1 aromatic rings. The number of methoxy groups -OCH3 is 1. The van der Waals surface area contributed by atoms with Crippen LogP contribution >= 0.6 is 11.6 Å². The van der Waals surface area contributed by atoms with Crippen LogP contribution in [-0.2, 0) is 9.53 Å². The first-order valence-electron chi connectivity index (χ1n) is 6.49. The number of halogens is 1. The van der Waals surface area contributed by atoms with E-state index in [1.54, 1.807) is 7.11 Å². The lowest BCUT2D eigenvalue weighted by Crippen LogP contribution is -2.31. The van der Waals surface area contributed by atoms with Gasteiger partial charge in [0.15, 0.2) is 0 Å². The van der Waals surface area contributed by atoms with Crippen LogP contribution in [0.25, 0.3) is 0 Å². The van der Waals surface area contributed by atoms with Crippen molar-refractivity contribution in [3.63, 3.8) is 0 Å². The second kappa shape index (κ2) is 6.89. The Kier molecular flexibility index (Phi) is 5.19. The minimum absolute atomic E-state index is 0.0613. The third kappa shape index (κ3) is 3.69. The number of ether oxygens (including phenoxy) is 1. The molecule has 5 heteroatoms. The van der Waals surface area contributed by atoms with E-state index >= 15 is 0 Å². The number of amides is 1. The van der Waals surface area contributed by atoms with Crippen molar-refractivity contribution >= 4 is 17.5 Å². The third-order valence-corrected chi connectivity index (χ3v) is 3.48. The largest absolute Gasteiger partial charge is 0.385 e. The molecule has 1 N–H and O–H groups in total. The Morgan fingerprint density at radius 2 is 2.32 bits per heavy atom. The van der Waals surface area contributed by atoms with Crippen molar-refractivity contribution in [2.24, 2.45) is 0 Å². The fourth-order valence-corrected chi connectivity index (χ4v) is 2.50. The van der Waals surface area contributed by atoms with Gasteiger partial charge < -0.3 is 9.64 Å². The highest BCUT2D eigenvalue weighted by Crippen LogP contribution is 2.24. The molecule has 1 aromatic carbocycles. The maximum Gasteiger partial charge on any atom is 0.238 e. The van der Waals surface area contributed by atoms with Crippen LogP contribution in [0.15, 0.2) is 24.3 Å². The molecule has 2 rings (SSSR count). The van der Waals surface area contributed by atoms with E-state index in [2.05, 4.69) is 5.32 Å². The number of hydrogen-bond donors (Lipinski definition) is 1. The number of nitrogens with one attached hydrogen (secondary N) is 1. The lowest BCUT2D eigenvalue weighted by atomic mass is 10.1. The van der Waals surface area contributed by atoms with Gasteiger partial charge in [0.25, 0.3) is 0 Å². The Balaban J connectivity index is 2.00. The fraction of sp³-hybridized carbons (Fsp3) is 0.500. The molecule has 0 saturated carbocycles. The molecule has 0 aliphatic carbocycles. The summed E-state index contributed by atoms with van der Waals surface area (Å²) in [6.45, 7) is 1.87. The fourth-order valence-electron chi connectivity index (χ4n) is 2.30. The van der Waals surface area contributed by atoms with E-state index < -0.39 is 0 Å². The quantitative estimate of drug-likeness (QED) is 0.814. The summed E-state index contributed by atoms with van der Waals surface area (Å²) in [4.78, 5) is 13.8. The standard InChI is InChI=1S/C14H19ClN2O2/c1-19-8-3-2-7-17-13(18)10-16-14(17)11-5-4-6-12(15)9-11/h4-6,9,14,16H,2-3,7-8,10H2,1H3. The average Bonchev–Trinajstić information content (AvgIpc) is 2.76. The van der Waals surface area contributed by atoms with Gasteiger partial charge in [-0.15, -0.1) is 0 Å². The van der Waals surface area contributed by atoms with Gasteiger partial charge in [-0.2, -0.15) is 0 Å². The highest BCUT2D eigenvalue weighted by atomic mass is 35.5. The van der Waals surface area contributed by atoms with Crippen molar-refractivity contribution in [2.75, 3.05) is 26.8 Å². The maximum absolute atomic E-state index is 11.9. The summed E-state index contributed by atoms with van der Waals surface area (Å²) in [6.07, 6.45) is 1.84. The van der Waals surface area contributed by atoms with Gasteiger partial charge in [-0.3, -0.25) is 10.1 Å². The normalized spacial score (nSPS) is 19.2. The molecule has 1 saturated heterocycles. The summed E-state index contributed by atoms with van der Waals surface area (Å²) in [5.74, 6) is 0.141. The number of rotatable bonds is 6. The number of carbonyl (C=O) groups excluding carboxylic acids is 1. The summed E-state index contributed by atoms with van der Waals surface area (Å²) >= 11 is 6.01. The molecule has 1 heterocycles. The molecule has 1 amide bonds. The monoisotopic (exact) mass is 282 g/mol. The molecule has 0 radical (unpaired) electrons. The Hall–Kier alpha value is -1.10. The summed E-state index contributed by atoms with van der Waals surface area (Å²) in [5.41, 5.74) is 1.03. The van der Waals surface area contributed by atoms with E-state index in [9.17, 15) is 4.79 Å². The maximum atomic E-state index is 11.9. The van der Waals surface area contributed by atoms with Crippen molar-refractivity contribution in [3.8, 4) is 0 Å². The molecule has 104 valence electrons. The van der Waals surface area contributed by atoms with Crippen molar-refractivity contribution in [1.29, 1.82) is 0 Å². The van der Waals surface area contributed by atoms with E-state index in [1.165, 1.54) is 0 Å². The molecular weight excluding hydrogens is 264 g/mol. The van der Waals surface area contributed by atoms with Crippen molar-refractivity contribution in [1.82, 2.24) is 10.2 Å². The first-order valence-corrected chi connectivity index (χ1v) is 6.87. The van der Waals surface area contributed by atoms with Crippen molar-refractivity contribution < 1.29 is 9.53 Å². The van der Waals surface area contributed by atoms with Crippen LogP contribution in [0.4, 0.5) is 0 Å². The van der Waals surface area contributed by atoms with Gasteiger partial charge in [0, 0.05) is 25.3 Å². The summed E-state index contributed by atoms with van der Waals surface area (Å²) in [6, 6.07) is 7.64.